The summed E-state index contributed by atoms with van der Waals surface area (Å²) in [6, 6.07) is 0. The second-order valence-corrected chi connectivity index (χ2v) is 4.50. The van der Waals surface area contributed by atoms with Crippen molar-refractivity contribution in [2.75, 3.05) is 11.9 Å². The van der Waals surface area contributed by atoms with Gasteiger partial charge in [-0.2, -0.15) is 5.10 Å². The van der Waals surface area contributed by atoms with Gasteiger partial charge in [-0.05, 0) is 18.4 Å². The normalized spacial score (nSPS) is 10.2. The summed E-state index contributed by atoms with van der Waals surface area (Å²) < 4.78 is 0. The van der Waals surface area contributed by atoms with Crippen LogP contribution in [0.25, 0.3) is 0 Å². The first kappa shape index (κ1) is 15.3. The molecule has 5 N–H and O–H groups in total. The number of anilines is 1. The molecule has 0 unspecified atom stereocenters. The summed E-state index contributed by atoms with van der Waals surface area (Å²) in [5.74, 6) is 0.140. The van der Waals surface area contributed by atoms with Gasteiger partial charge in [-0.15, -0.1) is 5.10 Å². The second-order valence-electron chi connectivity index (χ2n) is 4.06. The molecule has 0 saturated carbocycles. The summed E-state index contributed by atoms with van der Waals surface area (Å²) in [4.78, 5) is 11.0. The van der Waals surface area contributed by atoms with E-state index in [0.717, 1.165) is 24.1 Å². The molecular formula is C12H19N5OS. The van der Waals surface area contributed by atoms with Gasteiger partial charge in [0.15, 0.2) is 5.82 Å². The van der Waals surface area contributed by atoms with Crippen molar-refractivity contribution in [2.45, 2.75) is 33.1 Å². The van der Waals surface area contributed by atoms with E-state index in [4.69, 9.17) is 23.7 Å². The number of hydrogen-bond acceptors (Lipinski definition) is 5. The minimum atomic E-state index is -0.377. The molecule has 0 saturated heterocycles. The first-order chi connectivity index (χ1) is 9.01. The number of nitrogens with one attached hydrogen (secondary N) is 1. The number of thiocarbonyl (C=S) groups is 1. The zero-order chi connectivity index (χ0) is 14.4. The Morgan fingerprint density at radius 2 is 1.95 bits per heavy atom. The van der Waals surface area contributed by atoms with Crippen LogP contribution >= 0.6 is 12.2 Å². The number of carbonyl (C=O) groups excluding carboxylic acids is 1. The van der Waals surface area contributed by atoms with Crippen LogP contribution in [0.5, 0.6) is 0 Å². The first-order valence-corrected chi connectivity index (χ1v) is 6.62. The molecule has 0 spiro atoms. The van der Waals surface area contributed by atoms with Crippen molar-refractivity contribution in [3.05, 3.63) is 16.8 Å². The van der Waals surface area contributed by atoms with Crippen LogP contribution in [-0.2, 0) is 17.6 Å². The zero-order valence-corrected chi connectivity index (χ0v) is 12.0. The minimum absolute atomic E-state index is 0.218. The van der Waals surface area contributed by atoms with Crippen LogP contribution in [0.2, 0.25) is 0 Å². The maximum Gasteiger partial charge on any atom is 0.219 e. The number of amides is 1. The van der Waals surface area contributed by atoms with E-state index >= 15 is 0 Å². The molecule has 0 aliphatic heterocycles. The highest BCUT2D eigenvalue weighted by atomic mass is 32.1. The van der Waals surface area contributed by atoms with Crippen molar-refractivity contribution < 1.29 is 4.79 Å². The molecule has 1 heterocycles. The Kier molecular flexibility index (Phi) is 5.62. The SMILES string of the molecule is CCc1nnc(NCCC(N)=O)c(C(N)=S)c1CC. The van der Waals surface area contributed by atoms with E-state index in [2.05, 4.69) is 15.5 Å². The summed E-state index contributed by atoms with van der Waals surface area (Å²) in [6.45, 7) is 4.41. The van der Waals surface area contributed by atoms with Crippen LogP contribution in [0.15, 0.2) is 0 Å². The average Bonchev–Trinajstić information content (AvgIpc) is 2.37. The summed E-state index contributed by atoms with van der Waals surface area (Å²) >= 11 is 5.09. The molecule has 7 heteroatoms. The number of aryl methyl sites for hydroxylation is 1. The van der Waals surface area contributed by atoms with Gasteiger partial charge < -0.3 is 16.8 Å². The van der Waals surface area contributed by atoms with Crippen molar-refractivity contribution in [1.82, 2.24) is 10.2 Å². The standard InChI is InChI=1S/C12H19N5OS/c1-3-7-8(4-2)16-17-12(10(7)11(14)19)15-6-5-9(13)18/h3-6H2,1-2H3,(H2,13,18)(H2,14,19)(H,15,17). The first-order valence-electron chi connectivity index (χ1n) is 6.21. The molecule has 6 nitrogen and oxygen atoms in total. The molecule has 0 aliphatic carbocycles. The van der Waals surface area contributed by atoms with E-state index in [1.54, 1.807) is 0 Å². The minimum Gasteiger partial charge on any atom is -0.389 e. The number of nitrogens with two attached hydrogens (primary N) is 2. The van der Waals surface area contributed by atoms with Crippen molar-refractivity contribution in [3.8, 4) is 0 Å². The molecule has 104 valence electrons. The third-order valence-corrected chi connectivity index (χ3v) is 2.96. The molecule has 1 amide bonds. The smallest absolute Gasteiger partial charge is 0.219 e. The number of primary amides is 1. The Balaban J connectivity index is 3.10. The predicted molar refractivity (Wildman–Crippen MR) is 79.0 cm³/mol. The summed E-state index contributed by atoms with van der Waals surface area (Å²) in [7, 11) is 0. The van der Waals surface area contributed by atoms with Crippen molar-refractivity contribution >= 4 is 28.9 Å². The molecule has 1 aromatic rings. The molecule has 0 aromatic carbocycles. The lowest BCUT2D eigenvalue weighted by Crippen LogP contribution is -2.22. The van der Waals surface area contributed by atoms with E-state index in [1.165, 1.54) is 0 Å². The van der Waals surface area contributed by atoms with Crippen molar-refractivity contribution in [1.29, 1.82) is 0 Å². The van der Waals surface area contributed by atoms with Crippen LogP contribution < -0.4 is 16.8 Å². The van der Waals surface area contributed by atoms with Crippen LogP contribution in [-0.4, -0.2) is 27.6 Å². The highest BCUT2D eigenvalue weighted by Crippen LogP contribution is 2.20. The topological polar surface area (TPSA) is 107 Å². The average molecular weight is 281 g/mol. The van der Waals surface area contributed by atoms with Crippen molar-refractivity contribution in [2.24, 2.45) is 11.5 Å². The van der Waals surface area contributed by atoms with Gasteiger partial charge in [0.05, 0.1) is 11.3 Å². The van der Waals surface area contributed by atoms with Crippen LogP contribution in [0.1, 0.15) is 37.1 Å². The Morgan fingerprint density at radius 3 is 2.42 bits per heavy atom. The zero-order valence-electron chi connectivity index (χ0n) is 11.2. The quantitative estimate of drug-likeness (QED) is 0.629. The Bertz CT molecular complexity index is 489. The van der Waals surface area contributed by atoms with E-state index in [1.807, 2.05) is 13.8 Å². The van der Waals surface area contributed by atoms with E-state index < -0.39 is 0 Å². The van der Waals surface area contributed by atoms with E-state index in [9.17, 15) is 4.79 Å². The van der Waals surface area contributed by atoms with Gasteiger partial charge in [0, 0.05) is 13.0 Å². The van der Waals surface area contributed by atoms with Gasteiger partial charge in [-0.25, -0.2) is 0 Å². The van der Waals surface area contributed by atoms with Gasteiger partial charge >= 0.3 is 0 Å². The Morgan fingerprint density at radius 1 is 1.26 bits per heavy atom. The Hall–Kier alpha value is -1.76. The molecular weight excluding hydrogens is 262 g/mol. The predicted octanol–water partition coefficient (Wildman–Crippen LogP) is 0.523. The fourth-order valence-corrected chi connectivity index (χ4v) is 2.09. The lowest BCUT2D eigenvalue weighted by atomic mass is 10.0. The number of carbonyl (C=O) groups is 1. The monoisotopic (exact) mass is 281 g/mol. The molecule has 19 heavy (non-hydrogen) atoms. The molecule has 0 fully saturated rings. The molecule has 1 aromatic heterocycles. The van der Waals surface area contributed by atoms with Gasteiger partial charge in [0.1, 0.15) is 4.99 Å². The largest absolute Gasteiger partial charge is 0.389 e. The van der Waals surface area contributed by atoms with Crippen molar-refractivity contribution in [3.63, 3.8) is 0 Å². The van der Waals surface area contributed by atoms with Gasteiger partial charge in [-0.1, -0.05) is 26.1 Å². The number of rotatable bonds is 7. The van der Waals surface area contributed by atoms with Gasteiger partial charge in [0.2, 0.25) is 5.91 Å². The Labute approximate surface area is 118 Å². The van der Waals surface area contributed by atoms with Crippen LogP contribution in [0.3, 0.4) is 0 Å². The molecule has 0 radical (unpaired) electrons. The second kappa shape index (κ2) is 6.98. The summed E-state index contributed by atoms with van der Waals surface area (Å²) in [5, 5.41) is 11.3. The maximum atomic E-state index is 10.7. The third kappa shape index (κ3) is 3.85. The van der Waals surface area contributed by atoms with E-state index in [0.29, 0.717) is 17.9 Å². The highest BCUT2D eigenvalue weighted by Gasteiger charge is 2.16. The lowest BCUT2D eigenvalue weighted by molar-refractivity contribution is -0.117. The summed E-state index contributed by atoms with van der Waals surface area (Å²) in [6.07, 6.45) is 1.76. The van der Waals surface area contributed by atoms with Crippen LogP contribution in [0.4, 0.5) is 5.82 Å². The number of nitrogens with zero attached hydrogens (tertiary/aromatic N) is 2. The van der Waals surface area contributed by atoms with E-state index in [-0.39, 0.29) is 17.3 Å². The summed E-state index contributed by atoms with van der Waals surface area (Å²) in [5.41, 5.74) is 13.5. The van der Waals surface area contributed by atoms with Gasteiger partial charge in [-0.3, -0.25) is 4.79 Å². The highest BCUT2D eigenvalue weighted by molar-refractivity contribution is 7.80. The lowest BCUT2D eigenvalue weighted by Gasteiger charge is -2.15. The van der Waals surface area contributed by atoms with Gasteiger partial charge in [0.25, 0.3) is 0 Å². The molecule has 1 rings (SSSR count). The number of aromatic nitrogens is 2. The van der Waals surface area contributed by atoms with Crippen LogP contribution in [0, 0.1) is 0 Å². The molecule has 0 aliphatic rings. The fraction of sp³-hybridized carbons (Fsp3) is 0.500. The molecule has 0 atom stereocenters. The fourth-order valence-electron chi connectivity index (χ4n) is 1.87. The number of hydrogen-bond donors (Lipinski definition) is 3. The maximum absolute atomic E-state index is 10.7. The third-order valence-electron chi connectivity index (χ3n) is 2.76. The molecule has 0 bridgehead atoms.